The van der Waals surface area contributed by atoms with Crippen LogP contribution in [0.4, 0.5) is 0 Å². The van der Waals surface area contributed by atoms with Crippen molar-refractivity contribution in [3.63, 3.8) is 0 Å². The predicted molar refractivity (Wildman–Crippen MR) is 60.8 cm³/mol. The van der Waals surface area contributed by atoms with Crippen LogP contribution in [0.1, 0.15) is 32.4 Å². The van der Waals surface area contributed by atoms with Crippen LogP contribution in [0.25, 0.3) is 0 Å². The van der Waals surface area contributed by atoms with E-state index in [1.807, 2.05) is 0 Å². The molecule has 0 N–H and O–H groups in total. The monoisotopic (exact) mass is 233 g/mol. The van der Waals surface area contributed by atoms with Crippen LogP contribution < -0.4 is 0 Å². The number of nitrogens with zero attached hydrogens (tertiary/aromatic N) is 3. The first-order chi connectivity index (χ1) is 6.65. The number of rotatable bonds is 5. The fourth-order valence-corrected chi connectivity index (χ4v) is 1.93. The molecule has 5 heteroatoms. The van der Waals surface area contributed by atoms with Crippen LogP contribution >= 0.6 is 23.1 Å². The highest BCUT2D eigenvalue weighted by Crippen LogP contribution is 2.19. The topological polar surface area (TPSA) is 29.0 Å². The fraction of sp³-hybridized carbons (Fsp3) is 0.778. The first kappa shape index (κ1) is 11.9. The van der Waals surface area contributed by atoms with Crippen molar-refractivity contribution in [3.05, 3.63) is 10.0 Å². The second-order valence-electron chi connectivity index (χ2n) is 3.55. The third-order valence-corrected chi connectivity index (χ3v) is 3.35. The summed E-state index contributed by atoms with van der Waals surface area (Å²) >= 11 is 7.18. The van der Waals surface area contributed by atoms with Gasteiger partial charge in [-0.25, -0.2) is 0 Å². The van der Waals surface area contributed by atoms with Gasteiger partial charge in [0.05, 0.1) is 0 Å². The molecule has 0 aliphatic heterocycles. The Morgan fingerprint density at radius 3 is 2.79 bits per heavy atom. The van der Waals surface area contributed by atoms with E-state index in [4.69, 9.17) is 11.6 Å². The van der Waals surface area contributed by atoms with E-state index in [1.54, 1.807) is 0 Å². The summed E-state index contributed by atoms with van der Waals surface area (Å²) in [5.41, 5.74) is 0.891. The van der Waals surface area contributed by atoms with Gasteiger partial charge in [-0.1, -0.05) is 29.4 Å². The molecule has 0 bridgehead atoms. The van der Waals surface area contributed by atoms with E-state index in [1.165, 1.54) is 24.4 Å². The summed E-state index contributed by atoms with van der Waals surface area (Å²) in [6.07, 6.45) is 2.40. The Hall–Kier alpha value is -0.190. The molecular weight excluding hydrogens is 218 g/mol. The lowest BCUT2D eigenvalue weighted by molar-refractivity contribution is 0.234. The summed E-state index contributed by atoms with van der Waals surface area (Å²) in [5, 5.41) is 3.99. The summed E-state index contributed by atoms with van der Waals surface area (Å²) in [6.45, 7) is 5.20. The minimum atomic E-state index is 0.567. The maximum absolute atomic E-state index is 5.93. The Morgan fingerprint density at radius 1 is 1.57 bits per heavy atom. The molecular formula is C9H16ClN3S. The highest BCUT2D eigenvalue weighted by atomic mass is 35.5. The van der Waals surface area contributed by atoms with Crippen LogP contribution in [0.15, 0.2) is 0 Å². The molecule has 0 saturated heterocycles. The minimum absolute atomic E-state index is 0.567. The van der Waals surface area contributed by atoms with Gasteiger partial charge in [-0.05, 0) is 20.4 Å². The lowest BCUT2D eigenvalue weighted by Gasteiger charge is -2.23. The van der Waals surface area contributed by atoms with E-state index >= 15 is 0 Å². The van der Waals surface area contributed by atoms with Gasteiger partial charge < -0.3 is 0 Å². The maximum atomic E-state index is 5.93. The average Bonchev–Trinajstić information content (AvgIpc) is 2.52. The van der Waals surface area contributed by atoms with Gasteiger partial charge in [0, 0.05) is 24.1 Å². The van der Waals surface area contributed by atoms with Gasteiger partial charge >= 0.3 is 0 Å². The van der Waals surface area contributed by atoms with E-state index in [9.17, 15) is 0 Å². The molecule has 0 saturated carbocycles. The van der Waals surface area contributed by atoms with Crippen LogP contribution in [0.2, 0.25) is 4.34 Å². The van der Waals surface area contributed by atoms with Crippen LogP contribution in [0.3, 0.4) is 0 Å². The molecule has 0 fully saturated rings. The Labute approximate surface area is 94.2 Å². The Bertz CT molecular complexity index is 277. The smallest absolute Gasteiger partial charge is 0.138 e. The summed E-state index contributed by atoms with van der Waals surface area (Å²) in [5.74, 6) is 0. The number of hydrogen-bond donors (Lipinski definition) is 0. The second kappa shape index (κ2) is 5.63. The van der Waals surface area contributed by atoms with Crippen LogP contribution in [-0.4, -0.2) is 27.6 Å². The third-order valence-electron chi connectivity index (χ3n) is 2.37. The molecule has 1 unspecified atom stereocenters. The van der Waals surface area contributed by atoms with Crippen LogP contribution in [-0.2, 0) is 6.54 Å². The number of halogens is 1. The van der Waals surface area contributed by atoms with Crippen molar-refractivity contribution in [2.24, 2.45) is 0 Å². The minimum Gasteiger partial charge on any atom is -0.298 e. The Balaban J connectivity index is 2.48. The summed E-state index contributed by atoms with van der Waals surface area (Å²) < 4.78 is 4.52. The molecule has 0 spiro atoms. The van der Waals surface area contributed by atoms with E-state index in [-0.39, 0.29) is 0 Å². The normalized spacial score (nSPS) is 13.5. The van der Waals surface area contributed by atoms with Crippen molar-refractivity contribution in [2.45, 2.75) is 39.3 Å². The second-order valence-corrected chi connectivity index (χ2v) is 4.90. The van der Waals surface area contributed by atoms with Gasteiger partial charge in [0.2, 0.25) is 0 Å². The van der Waals surface area contributed by atoms with Gasteiger partial charge in [0.25, 0.3) is 0 Å². The molecule has 80 valence electrons. The van der Waals surface area contributed by atoms with Crippen molar-refractivity contribution in [2.75, 3.05) is 7.05 Å². The molecule has 0 aliphatic carbocycles. The van der Waals surface area contributed by atoms with E-state index in [0.29, 0.717) is 10.4 Å². The molecule has 0 aliphatic rings. The molecule has 3 nitrogen and oxygen atoms in total. The summed E-state index contributed by atoms with van der Waals surface area (Å²) in [7, 11) is 2.09. The van der Waals surface area contributed by atoms with Crippen molar-refractivity contribution in [1.29, 1.82) is 0 Å². The first-order valence-corrected chi connectivity index (χ1v) is 5.97. The van der Waals surface area contributed by atoms with Gasteiger partial charge in [-0.15, -0.1) is 5.10 Å². The Morgan fingerprint density at radius 2 is 2.29 bits per heavy atom. The van der Waals surface area contributed by atoms with Gasteiger partial charge in [0.15, 0.2) is 0 Å². The fourth-order valence-electron chi connectivity index (χ4n) is 1.32. The zero-order chi connectivity index (χ0) is 10.6. The molecule has 1 heterocycles. The molecule has 1 aromatic heterocycles. The number of hydrogen-bond acceptors (Lipinski definition) is 4. The molecule has 0 aromatic carbocycles. The standard InChI is InChI=1S/C9H16ClN3S/c1-4-5-7(2)13(3)6-8-9(10)14-12-11-8/h7H,4-6H2,1-3H3. The Kier molecular flexibility index (Phi) is 4.78. The number of aromatic nitrogens is 2. The molecule has 0 amide bonds. The highest BCUT2D eigenvalue weighted by molar-refractivity contribution is 7.10. The van der Waals surface area contributed by atoms with Gasteiger partial charge in [-0.2, -0.15) is 0 Å². The average molecular weight is 234 g/mol. The zero-order valence-corrected chi connectivity index (χ0v) is 10.4. The lowest BCUT2D eigenvalue weighted by Crippen LogP contribution is -2.28. The molecule has 1 rings (SSSR count). The molecule has 14 heavy (non-hydrogen) atoms. The largest absolute Gasteiger partial charge is 0.298 e. The lowest BCUT2D eigenvalue weighted by atomic mass is 10.2. The van der Waals surface area contributed by atoms with Crippen molar-refractivity contribution < 1.29 is 0 Å². The SMILES string of the molecule is CCCC(C)N(C)Cc1nnsc1Cl. The van der Waals surface area contributed by atoms with Crippen LogP contribution in [0, 0.1) is 0 Å². The third kappa shape index (κ3) is 3.19. The summed E-state index contributed by atoms with van der Waals surface area (Å²) in [4.78, 5) is 2.26. The van der Waals surface area contributed by atoms with E-state index in [2.05, 4.69) is 35.4 Å². The van der Waals surface area contributed by atoms with Gasteiger partial charge in [0.1, 0.15) is 10.0 Å². The summed E-state index contributed by atoms with van der Waals surface area (Å²) in [6, 6.07) is 0.567. The van der Waals surface area contributed by atoms with Crippen molar-refractivity contribution in [1.82, 2.24) is 14.5 Å². The van der Waals surface area contributed by atoms with Crippen LogP contribution in [0.5, 0.6) is 0 Å². The highest BCUT2D eigenvalue weighted by Gasteiger charge is 2.12. The van der Waals surface area contributed by atoms with E-state index < -0.39 is 0 Å². The van der Waals surface area contributed by atoms with E-state index in [0.717, 1.165) is 12.2 Å². The maximum Gasteiger partial charge on any atom is 0.138 e. The van der Waals surface area contributed by atoms with Crippen molar-refractivity contribution in [3.8, 4) is 0 Å². The molecule has 1 aromatic rings. The van der Waals surface area contributed by atoms with Gasteiger partial charge in [-0.3, -0.25) is 4.90 Å². The molecule has 0 radical (unpaired) electrons. The zero-order valence-electron chi connectivity index (χ0n) is 8.83. The van der Waals surface area contributed by atoms with Crippen molar-refractivity contribution >= 4 is 23.1 Å². The predicted octanol–water partition coefficient (Wildman–Crippen LogP) is 2.81. The first-order valence-electron chi connectivity index (χ1n) is 4.82. The quantitative estimate of drug-likeness (QED) is 0.783. The molecule has 1 atom stereocenters.